The number of hydrogen-bond donors (Lipinski definition) is 1. The Morgan fingerprint density at radius 3 is 2.67 bits per heavy atom. The third kappa shape index (κ3) is 2.71. The molecule has 0 bridgehead atoms. The van der Waals surface area contributed by atoms with Crippen LogP contribution in [0.1, 0.15) is 33.1 Å². The van der Waals surface area contributed by atoms with Gasteiger partial charge in [-0.05, 0) is 32.3 Å². The van der Waals surface area contributed by atoms with Crippen LogP contribution in [0.3, 0.4) is 0 Å². The molecule has 2 rings (SSSR count). The maximum atomic E-state index is 10.7. The van der Waals surface area contributed by atoms with Crippen LogP contribution in [0, 0.1) is 0 Å². The zero-order chi connectivity index (χ0) is 13.0. The van der Waals surface area contributed by atoms with Crippen molar-refractivity contribution in [2.24, 2.45) is 0 Å². The minimum Gasteiger partial charge on any atom is -0.495 e. The highest BCUT2D eigenvalue weighted by molar-refractivity contribution is 5.11. The Kier molecular flexibility index (Phi) is 4.65. The van der Waals surface area contributed by atoms with Crippen molar-refractivity contribution in [1.29, 1.82) is 0 Å². The zero-order valence-electron chi connectivity index (χ0n) is 11.5. The van der Waals surface area contributed by atoms with Gasteiger partial charge in [-0.25, -0.2) is 0 Å². The van der Waals surface area contributed by atoms with Crippen LogP contribution in [0.4, 0.5) is 0 Å². The van der Waals surface area contributed by atoms with Crippen LogP contribution in [0.25, 0.3) is 0 Å². The second kappa shape index (κ2) is 6.04. The number of morpholine rings is 1. The number of rotatable bonds is 4. The van der Waals surface area contributed by atoms with Gasteiger partial charge in [0.2, 0.25) is 0 Å². The van der Waals surface area contributed by atoms with Crippen LogP contribution in [-0.4, -0.2) is 54.6 Å². The summed E-state index contributed by atoms with van der Waals surface area (Å²) in [7, 11) is 0. The summed E-state index contributed by atoms with van der Waals surface area (Å²) in [6, 6.07) is 0. The quantitative estimate of drug-likeness (QED) is 0.827. The molecule has 0 radical (unpaired) electrons. The Labute approximate surface area is 110 Å². The summed E-state index contributed by atoms with van der Waals surface area (Å²) in [6.45, 7) is 8.25. The Hall–Kier alpha value is -0.580. The number of nitrogens with zero attached hydrogens (tertiary/aromatic N) is 1. The van der Waals surface area contributed by atoms with E-state index in [2.05, 4.69) is 18.7 Å². The monoisotopic (exact) mass is 255 g/mol. The van der Waals surface area contributed by atoms with E-state index in [4.69, 9.17) is 9.47 Å². The highest BCUT2D eigenvalue weighted by Crippen LogP contribution is 2.30. The number of aliphatic hydroxyl groups is 1. The molecule has 2 aliphatic heterocycles. The van der Waals surface area contributed by atoms with Crippen LogP contribution in [0.2, 0.25) is 0 Å². The SMILES string of the molecule is CCC(C)(C(O)C1=CCCCO1)N1CCOCC1. The molecule has 2 aliphatic rings. The smallest absolute Gasteiger partial charge is 0.129 e. The number of allylic oxidation sites excluding steroid dienone is 1. The van der Waals surface area contributed by atoms with Gasteiger partial charge in [0.05, 0.1) is 25.4 Å². The molecular weight excluding hydrogens is 230 g/mol. The third-order valence-electron chi connectivity index (χ3n) is 4.27. The van der Waals surface area contributed by atoms with Crippen molar-refractivity contribution in [3.63, 3.8) is 0 Å². The Balaban J connectivity index is 2.11. The highest BCUT2D eigenvalue weighted by atomic mass is 16.5. The summed E-state index contributed by atoms with van der Waals surface area (Å²) in [6.07, 6.45) is 4.46. The predicted molar refractivity (Wildman–Crippen MR) is 70.4 cm³/mol. The van der Waals surface area contributed by atoms with Crippen molar-refractivity contribution < 1.29 is 14.6 Å². The lowest BCUT2D eigenvalue weighted by molar-refractivity contribution is -0.0763. The molecule has 2 unspecified atom stereocenters. The average molecular weight is 255 g/mol. The molecule has 0 saturated carbocycles. The Morgan fingerprint density at radius 2 is 2.11 bits per heavy atom. The lowest BCUT2D eigenvalue weighted by Gasteiger charge is -2.46. The van der Waals surface area contributed by atoms with E-state index in [1.54, 1.807) is 0 Å². The molecule has 0 aromatic rings. The molecule has 0 amide bonds. The van der Waals surface area contributed by atoms with Crippen LogP contribution in [-0.2, 0) is 9.47 Å². The van der Waals surface area contributed by atoms with Gasteiger partial charge in [-0.1, -0.05) is 6.92 Å². The fraction of sp³-hybridized carbons (Fsp3) is 0.857. The topological polar surface area (TPSA) is 41.9 Å². The molecule has 0 aromatic heterocycles. The zero-order valence-corrected chi connectivity index (χ0v) is 11.5. The summed E-state index contributed by atoms with van der Waals surface area (Å²) in [5.41, 5.74) is -0.257. The van der Waals surface area contributed by atoms with Crippen LogP contribution in [0.5, 0.6) is 0 Å². The van der Waals surface area contributed by atoms with Gasteiger partial charge >= 0.3 is 0 Å². The molecule has 104 valence electrons. The number of ether oxygens (including phenoxy) is 2. The van der Waals surface area contributed by atoms with Gasteiger partial charge in [0.25, 0.3) is 0 Å². The summed E-state index contributed by atoms with van der Waals surface area (Å²) >= 11 is 0. The van der Waals surface area contributed by atoms with Gasteiger partial charge in [0.1, 0.15) is 11.9 Å². The molecule has 2 heterocycles. The second-order valence-corrected chi connectivity index (χ2v) is 5.31. The molecule has 1 fully saturated rings. The first-order valence-corrected chi connectivity index (χ1v) is 7.02. The van der Waals surface area contributed by atoms with Gasteiger partial charge in [-0.3, -0.25) is 4.90 Å². The molecule has 0 aromatic carbocycles. The fourth-order valence-corrected chi connectivity index (χ4v) is 2.74. The molecule has 0 aliphatic carbocycles. The van der Waals surface area contributed by atoms with Crippen LogP contribution in [0.15, 0.2) is 11.8 Å². The third-order valence-corrected chi connectivity index (χ3v) is 4.27. The largest absolute Gasteiger partial charge is 0.495 e. The number of hydrogen-bond acceptors (Lipinski definition) is 4. The first kappa shape index (κ1) is 13.8. The second-order valence-electron chi connectivity index (χ2n) is 5.31. The van der Waals surface area contributed by atoms with Gasteiger partial charge in [0.15, 0.2) is 0 Å². The minimum atomic E-state index is -0.541. The predicted octanol–water partition coefficient (Wildman–Crippen LogP) is 1.54. The van der Waals surface area contributed by atoms with E-state index in [0.29, 0.717) is 0 Å². The molecule has 1 saturated heterocycles. The van der Waals surface area contributed by atoms with Crippen molar-refractivity contribution in [2.75, 3.05) is 32.9 Å². The van der Waals surface area contributed by atoms with E-state index in [1.807, 2.05) is 6.08 Å². The lowest BCUT2D eigenvalue weighted by Crippen LogP contribution is -2.58. The normalized spacial score (nSPS) is 26.9. The van der Waals surface area contributed by atoms with E-state index >= 15 is 0 Å². The average Bonchev–Trinajstić information content (AvgIpc) is 2.47. The van der Waals surface area contributed by atoms with Crippen LogP contribution >= 0.6 is 0 Å². The van der Waals surface area contributed by atoms with Gasteiger partial charge in [0, 0.05) is 13.1 Å². The van der Waals surface area contributed by atoms with Gasteiger partial charge in [-0.2, -0.15) is 0 Å². The first-order chi connectivity index (χ1) is 8.68. The molecule has 18 heavy (non-hydrogen) atoms. The molecule has 2 atom stereocenters. The summed E-state index contributed by atoms with van der Waals surface area (Å²) in [5.74, 6) is 0.761. The van der Waals surface area contributed by atoms with Crippen molar-refractivity contribution in [3.8, 4) is 0 Å². The van der Waals surface area contributed by atoms with Crippen molar-refractivity contribution in [1.82, 2.24) is 4.90 Å². The van der Waals surface area contributed by atoms with E-state index in [-0.39, 0.29) is 5.54 Å². The maximum Gasteiger partial charge on any atom is 0.129 e. The van der Waals surface area contributed by atoms with E-state index in [0.717, 1.165) is 57.9 Å². The Bertz CT molecular complexity index is 299. The van der Waals surface area contributed by atoms with E-state index in [9.17, 15) is 5.11 Å². The van der Waals surface area contributed by atoms with Gasteiger partial charge < -0.3 is 14.6 Å². The summed E-state index contributed by atoms with van der Waals surface area (Å²) in [5, 5.41) is 10.7. The first-order valence-electron chi connectivity index (χ1n) is 7.02. The summed E-state index contributed by atoms with van der Waals surface area (Å²) < 4.78 is 11.0. The molecule has 1 N–H and O–H groups in total. The lowest BCUT2D eigenvalue weighted by atomic mass is 9.87. The minimum absolute atomic E-state index is 0.257. The molecule has 0 spiro atoms. The maximum absolute atomic E-state index is 10.7. The van der Waals surface area contributed by atoms with Crippen molar-refractivity contribution in [3.05, 3.63) is 11.8 Å². The van der Waals surface area contributed by atoms with E-state index < -0.39 is 6.10 Å². The van der Waals surface area contributed by atoms with Crippen molar-refractivity contribution in [2.45, 2.75) is 44.8 Å². The Morgan fingerprint density at radius 1 is 1.39 bits per heavy atom. The molecule has 4 nitrogen and oxygen atoms in total. The fourth-order valence-electron chi connectivity index (χ4n) is 2.74. The molecular formula is C14H25NO3. The highest BCUT2D eigenvalue weighted by Gasteiger charge is 2.40. The standard InChI is InChI=1S/C14H25NO3/c1-3-14(2,15-7-10-17-11-8-15)13(16)12-6-4-5-9-18-12/h6,13,16H,3-5,7-11H2,1-2H3. The van der Waals surface area contributed by atoms with E-state index in [1.165, 1.54) is 0 Å². The summed E-state index contributed by atoms with van der Waals surface area (Å²) in [4.78, 5) is 2.33. The number of aliphatic hydroxyl groups excluding tert-OH is 1. The van der Waals surface area contributed by atoms with Gasteiger partial charge in [-0.15, -0.1) is 0 Å². The van der Waals surface area contributed by atoms with Crippen LogP contribution < -0.4 is 0 Å². The van der Waals surface area contributed by atoms with Crippen molar-refractivity contribution >= 4 is 0 Å². The molecule has 4 heteroatoms.